The highest BCUT2D eigenvalue weighted by atomic mass is 32.1. The van der Waals surface area contributed by atoms with Crippen LogP contribution in [0.25, 0.3) is 6.08 Å². The lowest BCUT2D eigenvalue weighted by Crippen LogP contribution is -2.33. The van der Waals surface area contributed by atoms with Gasteiger partial charge in [-0.15, -0.1) is 0 Å². The second kappa shape index (κ2) is 4.32. The van der Waals surface area contributed by atoms with Gasteiger partial charge in [0.25, 0.3) is 0 Å². The van der Waals surface area contributed by atoms with Crippen LogP contribution in [0.4, 0.5) is 0 Å². The zero-order valence-electron chi connectivity index (χ0n) is 9.28. The number of rotatable bonds is 1. The molecule has 86 valence electrons. The van der Waals surface area contributed by atoms with E-state index in [9.17, 15) is 0 Å². The van der Waals surface area contributed by atoms with Crippen LogP contribution in [0.1, 0.15) is 31.2 Å². The van der Waals surface area contributed by atoms with Gasteiger partial charge in [-0.3, -0.25) is 0 Å². The van der Waals surface area contributed by atoms with Crippen molar-refractivity contribution in [2.24, 2.45) is 0 Å². The van der Waals surface area contributed by atoms with Gasteiger partial charge in [-0.05, 0) is 35.2 Å². The van der Waals surface area contributed by atoms with Gasteiger partial charge >= 0.3 is 0 Å². The Morgan fingerprint density at radius 2 is 1.94 bits per heavy atom. The summed E-state index contributed by atoms with van der Waals surface area (Å²) in [5.41, 5.74) is 2.87. The standard InChI is InChI=1S/C13H16O2S/c1-4-13(14-6-7-15-13)5-2-11(1)9-12-3-8-16-10-12/h3,8-10H,1-2,4-7H2. The highest BCUT2D eigenvalue weighted by molar-refractivity contribution is 7.08. The van der Waals surface area contributed by atoms with Crippen molar-refractivity contribution in [2.75, 3.05) is 13.2 Å². The minimum absolute atomic E-state index is 0.230. The molecule has 2 fully saturated rings. The zero-order chi connectivity index (χ0) is 10.8. The predicted molar refractivity (Wildman–Crippen MR) is 65.4 cm³/mol. The van der Waals surface area contributed by atoms with Crippen molar-refractivity contribution < 1.29 is 9.47 Å². The van der Waals surface area contributed by atoms with Gasteiger partial charge in [-0.25, -0.2) is 0 Å². The fourth-order valence-electron chi connectivity index (χ4n) is 2.47. The number of hydrogen-bond donors (Lipinski definition) is 0. The molecule has 3 heteroatoms. The topological polar surface area (TPSA) is 18.5 Å². The predicted octanol–water partition coefficient (Wildman–Crippen LogP) is 3.45. The van der Waals surface area contributed by atoms with E-state index in [1.807, 2.05) is 0 Å². The number of thiophene rings is 1. The molecule has 1 spiro atoms. The smallest absolute Gasteiger partial charge is 0.169 e. The van der Waals surface area contributed by atoms with Gasteiger partial charge in [-0.2, -0.15) is 11.3 Å². The molecular weight excluding hydrogens is 220 g/mol. The Morgan fingerprint density at radius 1 is 1.19 bits per heavy atom. The van der Waals surface area contributed by atoms with Crippen LogP contribution < -0.4 is 0 Å². The van der Waals surface area contributed by atoms with Crippen molar-refractivity contribution in [3.63, 3.8) is 0 Å². The lowest BCUT2D eigenvalue weighted by atomic mass is 9.89. The van der Waals surface area contributed by atoms with E-state index in [0.717, 1.165) is 38.9 Å². The molecule has 0 radical (unpaired) electrons. The van der Waals surface area contributed by atoms with E-state index in [1.165, 1.54) is 11.1 Å². The molecule has 0 N–H and O–H groups in total. The normalized spacial score (nSPS) is 23.9. The molecule has 3 rings (SSSR count). The second-order valence-corrected chi connectivity index (χ2v) is 5.25. The van der Waals surface area contributed by atoms with Gasteiger partial charge in [0, 0.05) is 12.8 Å². The van der Waals surface area contributed by atoms with Crippen molar-refractivity contribution in [1.29, 1.82) is 0 Å². The molecule has 0 aromatic carbocycles. The molecular formula is C13H16O2S. The maximum absolute atomic E-state index is 5.72. The van der Waals surface area contributed by atoms with Gasteiger partial charge in [-0.1, -0.05) is 11.6 Å². The lowest BCUT2D eigenvalue weighted by Gasteiger charge is -2.32. The molecule has 2 aliphatic rings. The van der Waals surface area contributed by atoms with E-state index >= 15 is 0 Å². The number of hydrogen-bond acceptors (Lipinski definition) is 3. The first-order valence-corrected chi connectivity index (χ1v) is 6.80. The molecule has 16 heavy (non-hydrogen) atoms. The van der Waals surface area contributed by atoms with Crippen LogP contribution in [-0.2, 0) is 9.47 Å². The first kappa shape index (κ1) is 10.5. The Balaban J connectivity index is 1.66. The summed E-state index contributed by atoms with van der Waals surface area (Å²) in [4.78, 5) is 0. The molecule has 1 aromatic heterocycles. The third kappa shape index (κ3) is 2.08. The average Bonchev–Trinajstić information content (AvgIpc) is 2.94. The van der Waals surface area contributed by atoms with Crippen LogP contribution in [0.5, 0.6) is 0 Å². The highest BCUT2D eigenvalue weighted by Gasteiger charge is 2.38. The first-order valence-electron chi connectivity index (χ1n) is 5.86. The van der Waals surface area contributed by atoms with Crippen molar-refractivity contribution in [3.05, 3.63) is 28.0 Å². The number of allylic oxidation sites excluding steroid dienone is 1. The minimum atomic E-state index is -0.230. The fourth-order valence-corrected chi connectivity index (χ4v) is 3.09. The summed E-state index contributed by atoms with van der Waals surface area (Å²) in [7, 11) is 0. The van der Waals surface area contributed by atoms with E-state index in [2.05, 4.69) is 22.9 Å². The molecule has 2 heterocycles. The second-order valence-electron chi connectivity index (χ2n) is 4.47. The summed E-state index contributed by atoms with van der Waals surface area (Å²) in [6.45, 7) is 1.53. The van der Waals surface area contributed by atoms with Crippen LogP contribution >= 0.6 is 11.3 Å². The summed E-state index contributed by atoms with van der Waals surface area (Å²) in [5.74, 6) is -0.230. The summed E-state index contributed by atoms with van der Waals surface area (Å²) >= 11 is 1.75. The Bertz CT molecular complexity index is 363. The molecule has 0 atom stereocenters. The first-order chi connectivity index (χ1) is 7.86. The van der Waals surface area contributed by atoms with Crippen molar-refractivity contribution in [2.45, 2.75) is 31.5 Å². The lowest BCUT2D eigenvalue weighted by molar-refractivity contribution is -0.171. The van der Waals surface area contributed by atoms with Crippen LogP contribution in [0, 0.1) is 0 Å². The minimum Gasteiger partial charge on any atom is -0.348 e. The zero-order valence-corrected chi connectivity index (χ0v) is 10.1. The average molecular weight is 236 g/mol. The Morgan fingerprint density at radius 3 is 2.56 bits per heavy atom. The number of ether oxygens (including phenoxy) is 2. The van der Waals surface area contributed by atoms with Gasteiger partial charge in [0.1, 0.15) is 0 Å². The molecule has 0 unspecified atom stereocenters. The van der Waals surface area contributed by atoms with Crippen molar-refractivity contribution in [1.82, 2.24) is 0 Å². The van der Waals surface area contributed by atoms with Crippen molar-refractivity contribution in [3.8, 4) is 0 Å². The molecule has 1 aliphatic heterocycles. The van der Waals surface area contributed by atoms with E-state index in [-0.39, 0.29) is 5.79 Å². The van der Waals surface area contributed by atoms with Crippen LogP contribution in [0.3, 0.4) is 0 Å². The fraction of sp³-hybridized carbons (Fsp3) is 0.538. The molecule has 0 bridgehead atoms. The van der Waals surface area contributed by atoms with Crippen LogP contribution in [-0.4, -0.2) is 19.0 Å². The quantitative estimate of drug-likeness (QED) is 0.743. The highest BCUT2D eigenvalue weighted by Crippen LogP contribution is 2.38. The summed E-state index contributed by atoms with van der Waals surface area (Å²) < 4.78 is 11.4. The Labute approximate surface area is 99.9 Å². The molecule has 1 saturated carbocycles. The van der Waals surface area contributed by atoms with Crippen LogP contribution in [0.2, 0.25) is 0 Å². The maximum atomic E-state index is 5.72. The van der Waals surface area contributed by atoms with E-state index in [4.69, 9.17) is 9.47 Å². The summed E-state index contributed by atoms with van der Waals surface area (Å²) in [6.07, 6.45) is 6.57. The third-order valence-corrected chi connectivity index (χ3v) is 4.08. The monoisotopic (exact) mass is 236 g/mol. The summed E-state index contributed by atoms with van der Waals surface area (Å²) in [6, 6.07) is 2.17. The van der Waals surface area contributed by atoms with Gasteiger partial charge < -0.3 is 9.47 Å². The molecule has 1 saturated heterocycles. The van der Waals surface area contributed by atoms with Crippen molar-refractivity contribution >= 4 is 17.4 Å². The van der Waals surface area contributed by atoms with E-state index in [1.54, 1.807) is 11.3 Å². The van der Waals surface area contributed by atoms with Gasteiger partial charge in [0.2, 0.25) is 0 Å². The van der Waals surface area contributed by atoms with Crippen LogP contribution in [0.15, 0.2) is 22.4 Å². The SMILES string of the molecule is C(=C1CCC2(CC1)OCCO2)c1ccsc1. The molecule has 2 nitrogen and oxygen atoms in total. The molecule has 0 amide bonds. The largest absolute Gasteiger partial charge is 0.348 e. The molecule has 1 aliphatic carbocycles. The summed E-state index contributed by atoms with van der Waals surface area (Å²) in [5, 5.41) is 4.32. The molecule has 1 aromatic rings. The van der Waals surface area contributed by atoms with Gasteiger partial charge in [0.05, 0.1) is 13.2 Å². The Hall–Kier alpha value is -0.640. The maximum Gasteiger partial charge on any atom is 0.169 e. The van der Waals surface area contributed by atoms with E-state index in [0.29, 0.717) is 0 Å². The van der Waals surface area contributed by atoms with Gasteiger partial charge in [0.15, 0.2) is 5.79 Å². The van der Waals surface area contributed by atoms with E-state index < -0.39 is 0 Å². The Kier molecular flexibility index (Phi) is 2.84. The third-order valence-electron chi connectivity index (χ3n) is 3.38.